The number of rotatable bonds is 5. The van der Waals surface area contributed by atoms with Crippen LogP contribution in [0.1, 0.15) is 27.0 Å². The molecule has 4 atom stereocenters. The SMILES string of the molecule is CC(C)C(=O)Nc1nc2c(ncn2[C@@H]2O[C@H](CO)[C@@H](C)[C@H]2OC(F)(F)F)c(=O)[nH]1. The number of anilines is 1. The largest absolute Gasteiger partial charge is 0.522 e. The van der Waals surface area contributed by atoms with E-state index in [0.717, 1.165) is 10.9 Å². The molecule has 10 nitrogen and oxygen atoms in total. The van der Waals surface area contributed by atoms with E-state index in [1.807, 2.05) is 0 Å². The molecule has 0 unspecified atom stereocenters. The minimum Gasteiger partial charge on any atom is -0.394 e. The third-order valence-corrected chi connectivity index (χ3v) is 4.62. The summed E-state index contributed by atoms with van der Waals surface area (Å²) in [7, 11) is 0. The summed E-state index contributed by atoms with van der Waals surface area (Å²) in [6.45, 7) is 4.20. The van der Waals surface area contributed by atoms with Gasteiger partial charge < -0.3 is 9.84 Å². The third kappa shape index (κ3) is 4.26. The number of nitrogens with zero attached hydrogens (tertiary/aromatic N) is 3. The van der Waals surface area contributed by atoms with Crippen LogP contribution in [0.2, 0.25) is 0 Å². The lowest BCUT2D eigenvalue weighted by Crippen LogP contribution is -2.34. The van der Waals surface area contributed by atoms with Crippen molar-refractivity contribution in [3.8, 4) is 0 Å². The third-order valence-electron chi connectivity index (χ3n) is 4.62. The van der Waals surface area contributed by atoms with Crippen molar-refractivity contribution in [2.75, 3.05) is 11.9 Å². The minimum atomic E-state index is -4.94. The lowest BCUT2D eigenvalue weighted by molar-refractivity contribution is -0.353. The van der Waals surface area contributed by atoms with Crippen LogP contribution in [0, 0.1) is 11.8 Å². The Morgan fingerprint density at radius 2 is 2.17 bits per heavy atom. The molecule has 3 rings (SSSR count). The number of alkyl halides is 3. The minimum absolute atomic E-state index is 0.0978. The van der Waals surface area contributed by atoms with E-state index in [1.165, 1.54) is 6.92 Å². The predicted octanol–water partition coefficient (Wildman–Crippen LogP) is 1.14. The molecule has 2 aromatic heterocycles. The van der Waals surface area contributed by atoms with Crippen molar-refractivity contribution >= 4 is 23.0 Å². The summed E-state index contributed by atoms with van der Waals surface area (Å²) >= 11 is 0. The Morgan fingerprint density at radius 3 is 2.76 bits per heavy atom. The molecule has 3 heterocycles. The van der Waals surface area contributed by atoms with E-state index in [1.54, 1.807) is 13.8 Å². The number of aromatic nitrogens is 4. The van der Waals surface area contributed by atoms with Crippen LogP contribution >= 0.6 is 0 Å². The second kappa shape index (κ2) is 7.72. The zero-order valence-electron chi connectivity index (χ0n) is 15.7. The van der Waals surface area contributed by atoms with Gasteiger partial charge in [-0.3, -0.25) is 29.2 Å². The van der Waals surface area contributed by atoms with Gasteiger partial charge >= 0.3 is 6.36 Å². The summed E-state index contributed by atoms with van der Waals surface area (Å²) in [6.07, 6.45) is -7.63. The molecule has 0 spiro atoms. The van der Waals surface area contributed by atoms with Crippen LogP contribution in [0.25, 0.3) is 11.2 Å². The van der Waals surface area contributed by atoms with E-state index in [4.69, 9.17) is 4.74 Å². The first kappa shape index (κ1) is 21.2. The molecule has 160 valence electrons. The first-order chi connectivity index (χ1) is 13.5. The van der Waals surface area contributed by atoms with Crippen molar-refractivity contribution in [3.05, 3.63) is 16.7 Å². The Balaban J connectivity index is 2.04. The van der Waals surface area contributed by atoms with E-state index >= 15 is 0 Å². The van der Waals surface area contributed by atoms with Crippen molar-refractivity contribution in [2.45, 2.75) is 45.6 Å². The summed E-state index contributed by atoms with van der Waals surface area (Å²) in [5.74, 6) is -1.80. The maximum Gasteiger partial charge on any atom is 0.522 e. The lowest BCUT2D eigenvalue weighted by Gasteiger charge is -2.23. The van der Waals surface area contributed by atoms with Crippen molar-refractivity contribution in [2.24, 2.45) is 11.8 Å². The molecule has 2 aromatic rings. The number of H-pyrrole nitrogens is 1. The second-order valence-corrected chi connectivity index (χ2v) is 7.02. The number of aromatic amines is 1. The number of carbonyl (C=O) groups is 1. The van der Waals surface area contributed by atoms with Crippen LogP contribution in [0.3, 0.4) is 0 Å². The number of halogens is 3. The molecule has 0 bridgehead atoms. The van der Waals surface area contributed by atoms with Crippen LogP contribution < -0.4 is 10.9 Å². The van der Waals surface area contributed by atoms with Gasteiger partial charge in [0, 0.05) is 11.8 Å². The zero-order valence-corrected chi connectivity index (χ0v) is 15.7. The number of nitrogens with one attached hydrogen (secondary N) is 2. The van der Waals surface area contributed by atoms with Crippen LogP contribution in [0.5, 0.6) is 0 Å². The average Bonchev–Trinajstić information content (AvgIpc) is 3.16. The summed E-state index contributed by atoms with van der Waals surface area (Å²) < 4.78 is 49.6. The van der Waals surface area contributed by atoms with Crippen LogP contribution in [-0.2, 0) is 14.3 Å². The molecule has 0 saturated carbocycles. The van der Waals surface area contributed by atoms with Gasteiger partial charge in [-0.1, -0.05) is 20.8 Å². The van der Waals surface area contributed by atoms with Gasteiger partial charge in [0.1, 0.15) is 6.10 Å². The van der Waals surface area contributed by atoms with Gasteiger partial charge in [0.05, 0.1) is 19.0 Å². The van der Waals surface area contributed by atoms with Crippen LogP contribution in [0.4, 0.5) is 19.1 Å². The van der Waals surface area contributed by atoms with E-state index in [-0.39, 0.29) is 17.1 Å². The van der Waals surface area contributed by atoms with Crippen molar-refractivity contribution in [1.29, 1.82) is 0 Å². The quantitative estimate of drug-likeness (QED) is 0.662. The highest BCUT2D eigenvalue weighted by atomic mass is 19.4. The van der Waals surface area contributed by atoms with Crippen molar-refractivity contribution in [1.82, 2.24) is 19.5 Å². The summed E-state index contributed by atoms with van der Waals surface area (Å²) in [5.41, 5.74) is -0.938. The molecule has 3 N–H and O–H groups in total. The van der Waals surface area contributed by atoms with Gasteiger partial charge in [-0.15, -0.1) is 13.2 Å². The van der Waals surface area contributed by atoms with Gasteiger partial charge in [-0.05, 0) is 0 Å². The normalized spacial score (nSPS) is 25.1. The number of imidazole rings is 1. The molecule has 0 aromatic carbocycles. The Kier molecular flexibility index (Phi) is 5.65. The molecule has 1 fully saturated rings. The van der Waals surface area contributed by atoms with Gasteiger partial charge in [-0.2, -0.15) is 4.98 Å². The molecule has 1 aliphatic heterocycles. The molecular formula is C16H20F3N5O5. The molecule has 1 amide bonds. The fourth-order valence-electron chi connectivity index (χ4n) is 3.04. The summed E-state index contributed by atoms with van der Waals surface area (Å²) in [5, 5.41) is 11.8. The Hall–Kier alpha value is -2.51. The highest BCUT2D eigenvalue weighted by Crippen LogP contribution is 2.40. The summed E-state index contributed by atoms with van der Waals surface area (Å²) in [6, 6.07) is 0. The predicted molar refractivity (Wildman–Crippen MR) is 92.7 cm³/mol. The fraction of sp³-hybridized carbons (Fsp3) is 0.625. The Bertz CT molecular complexity index is 957. The van der Waals surface area contributed by atoms with Gasteiger partial charge in [0.25, 0.3) is 5.56 Å². The first-order valence-electron chi connectivity index (χ1n) is 8.80. The number of carbonyl (C=O) groups excluding carboxylic acids is 1. The van der Waals surface area contributed by atoms with E-state index in [2.05, 4.69) is 25.0 Å². The molecule has 1 saturated heterocycles. The van der Waals surface area contributed by atoms with E-state index in [0.29, 0.717) is 0 Å². The first-order valence-corrected chi connectivity index (χ1v) is 8.80. The van der Waals surface area contributed by atoms with Gasteiger partial charge in [0.2, 0.25) is 11.9 Å². The fourth-order valence-corrected chi connectivity index (χ4v) is 3.04. The average molecular weight is 419 g/mol. The van der Waals surface area contributed by atoms with Crippen LogP contribution in [-0.4, -0.2) is 55.7 Å². The van der Waals surface area contributed by atoms with Crippen LogP contribution in [0.15, 0.2) is 11.1 Å². The standard InChI is InChI=1S/C16H20F3N5O5/c1-6(2)12(26)22-15-21-11-9(13(27)23-15)20-5-24(11)14-10(29-16(17,18)19)7(3)8(4-25)28-14/h5-8,10,14,25H,4H2,1-3H3,(H2,21,22,23,26,27)/t7-,8-,10-,14-/m1/s1. The second-order valence-electron chi connectivity index (χ2n) is 7.02. The monoisotopic (exact) mass is 419 g/mol. The molecule has 29 heavy (non-hydrogen) atoms. The number of ether oxygens (including phenoxy) is 2. The molecule has 1 aliphatic rings. The number of amides is 1. The summed E-state index contributed by atoms with van der Waals surface area (Å²) in [4.78, 5) is 34.5. The number of hydrogen-bond donors (Lipinski definition) is 3. The molecule has 0 aliphatic carbocycles. The number of fused-ring (bicyclic) bond motifs is 1. The van der Waals surface area contributed by atoms with Crippen molar-refractivity contribution in [3.63, 3.8) is 0 Å². The van der Waals surface area contributed by atoms with E-state index in [9.17, 15) is 27.9 Å². The van der Waals surface area contributed by atoms with Gasteiger partial charge in [0.15, 0.2) is 17.4 Å². The van der Waals surface area contributed by atoms with E-state index < -0.39 is 54.7 Å². The topological polar surface area (TPSA) is 131 Å². The lowest BCUT2D eigenvalue weighted by atomic mass is 10.0. The number of aliphatic hydroxyl groups excluding tert-OH is 1. The smallest absolute Gasteiger partial charge is 0.394 e. The molecule has 0 radical (unpaired) electrons. The Morgan fingerprint density at radius 1 is 1.48 bits per heavy atom. The highest BCUT2D eigenvalue weighted by Gasteiger charge is 2.49. The molecular weight excluding hydrogens is 399 g/mol. The number of aliphatic hydroxyl groups is 1. The van der Waals surface area contributed by atoms with Gasteiger partial charge in [-0.25, -0.2) is 4.98 Å². The Labute approximate surface area is 162 Å². The number of hydrogen-bond acceptors (Lipinski definition) is 7. The maximum absolute atomic E-state index is 12.9. The molecule has 13 heteroatoms. The highest BCUT2D eigenvalue weighted by molar-refractivity contribution is 5.91. The maximum atomic E-state index is 12.9. The zero-order chi connectivity index (χ0) is 21.5. The van der Waals surface area contributed by atoms with Crippen molar-refractivity contribution < 1.29 is 32.5 Å².